The van der Waals surface area contributed by atoms with E-state index < -0.39 is 12.1 Å². The molecule has 22 heavy (non-hydrogen) atoms. The Hall–Kier alpha value is -2.60. The summed E-state index contributed by atoms with van der Waals surface area (Å²) in [6.07, 6.45) is 0. The molecule has 1 atom stereocenters. The fourth-order valence-electron chi connectivity index (χ4n) is 1.92. The molecule has 2 aromatic rings. The molecule has 0 heterocycles. The molecule has 0 saturated heterocycles. The summed E-state index contributed by atoms with van der Waals surface area (Å²) < 4.78 is 18.4. The first-order valence-electron chi connectivity index (χ1n) is 6.72. The lowest BCUT2D eigenvalue weighted by Crippen LogP contribution is -2.34. The third-order valence-electron chi connectivity index (χ3n) is 3.27. The second-order valence-corrected chi connectivity index (χ2v) is 4.84. The van der Waals surface area contributed by atoms with Crippen molar-refractivity contribution < 1.29 is 19.1 Å². The lowest BCUT2D eigenvalue weighted by atomic mass is 10.1. The topological polar surface area (TPSA) is 75.8 Å². The molecule has 0 aromatic heterocycles. The maximum atomic E-state index is 12.8. The smallest absolute Gasteiger partial charge is 0.339 e. The molecule has 0 fully saturated rings. The second kappa shape index (κ2) is 6.91. The number of amides is 2. The minimum absolute atomic E-state index is 0.287. The van der Waals surface area contributed by atoms with E-state index in [4.69, 9.17) is 10.5 Å². The van der Waals surface area contributed by atoms with Crippen molar-refractivity contribution in [1.82, 2.24) is 5.06 Å². The van der Waals surface area contributed by atoms with Crippen molar-refractivity contribution in [3.8, 4) is 5.75 Å². The molecule has 0 aliphatic carbocycles. The van der Waals surface area contributed by atoms with Crippen LogP contribution in [0.1, 0.15) is 24.1 Å². The second-order valence-electron chi connectivity index (χ2n) is 4.84. The molecule has 116 valence electrons. The Morgan fingerprint density at radius 3 is 2.36 bits per heavy atom. The van der Waals surface area contributed by atoms with Gasteiger partial charge >= 0.3 is 6.03 Å². The molecule has 6 heteroatoms. The summed E-state index contributed by atoms with van der Waals surface area (Å²) >= 11 is 0. The Morgan fingerprint density at radius 2 is 1.82 bits per heavy atom. The number of rotatable bonds is 5. The third kappa shape index (κ3) is 3.95. The first kappa shape index (κ1) is 15.8. The van der Waals surface area contributed by atoms with Crippen LogP contribution in [0, 0.1) is 5.82 Å². The van der Waals surface area contributed by atoms with Crippen LogP contribution in [0.4, 0.5) is 9.18 Å². The maximum absolute atomic E-state index is 12.8. The number of ether oxygens (including phenoxy) is 1. The number of hydrogen-bond acceptors (Lipinski definition) is 3. The van der Waals surface area contributed by atoms with E-state index in [2.05, 4.69) is 0 Å². The molecule has 2 rings (SSSR count). The number of carbonyl (C=O) groups excluding carboxylic acids is 1. The molecule has 0 aliphatic rings. The van der Waals surface area contributed by atoms with Crippen molar-refractivity contribution in [3.63, 3.8) is 0 Å². The average Bonchev–Trinajstić information content (AvgIpc) is 2.53. The van der Waals surface area contributed by atoms with E-state index >= 15 is 0 Å². The minimum atomic E-state index is -0.913. The first-order chi connectivity index (χ1) is 10.5. The average molecular weight is 304 g/mol. The Labute approximate surface area is 127 Å². The van der Waals surface area contributed by atoms with Crippen molar-refractivity contribution in [2.45, 2.75) is 19.6 Å². The van der Waals surface area contributed by atoms with Crippen LogP contribution < -0.4 is 10.5 Å². The number of nitrogens with two attached hydrogens (primary N) is 1. The molecule has 0 radical (unpaired) electrons. The summed E-state index contributed by atoms with van der Waals surface area (Å²) in [5, 5.41) is 9.96. The van der Waals surface area contributed by atoms with E-state index in [1.807, 2.05) is 0 Å². The van der Waals surface area contributed by atoms with Gasteiger partial charge in [0, 0.05) is 0 Å². The van der Waals surface area contributed by atoms with Crippen LogP contribution in [-0.2, 0) is 6.61 Å². The van der Waals surface area contributed by atoms with Gasteiger partial charge in [-0.15, -0.1) is 0 Å². The summed E-state index contributed by atoms with van der Waals surface area (Å²) in [5.74, 6) is 0.342. The van der Waals surface area contributed by atoms with E-state index in [0.717, 1.165) is 11.1 Å². The highest BCUT2D eigenvalue weighted by molar-refractivity contribution is 5.71. The van der Waals surface area contributed by atoms with Crippen LogP contribution in [0.2, 0.25) is 0 Å². The number of urea groups is 1. The van der Waals surface area contributed by atoms with Crippen molar-refractivity contribution >= 4 is 6.03 Å². The van der Waals surface area contributed by atoms with Crippen LogP contribution in [0.5, 0.6) is 5.75 Å². The van der Waals surface area contributed by atoms with Gasteiger partial charge in [-0.1, -0.05) is 24.3 Å². The molecule has 0 aliphatic heterocycles. The molecule has 3 N–H and O–H groups in total. The summed E-state index contributed by atoms with van der Waals surface area (Å²) in [6.45, 7) is 1.97. The van der Waals surface area contributed by atoms with Gasteiger partial charge in [0.1, 0.15) is 18.2 Å². The predicted octanol–water partition coefficient (Wildman–Crippen LogP) is 3.24. The van der Waals surface area contributed by atoms with Gasteiger partial charge in [-0.05, 0) is 42.3 Å². The molecule has 0 spiro atoms. The lowest BCUT2D eigenvalue weighted by Gasteiger charge is -2.20. The monoisotopic (exact) mass is 304 g/mol. The van der Waals surface area contributed by atoms with Crippen molar-refractivity contribution in [2.75, 3.05) is 0 Å². The molecule has 0 saturated carbocycles. The summed E-state index contributed by atoms with van der Waals surface area (Å²) in [7, 11) is 0. The Morgan fingerprint density at radius 1 is 1.23 bits per heavy atom. The zero-order valence-electron chi connectivity index (χ0n) is 12.1. The number of hydrogen-bond donors (Lipinski definition) is 2. The Kier molecular flexibility index (Phi) is 4.95. The van der Waals surface area contributed by atoms with Crippen LogP contribution in [-0.4, -0.2) is 16.3 Å². The van der Waals surface area contributed by atoms with Gasteiger partial charge in [0.05, 0.1) is 6.04 Å². The van der Waals surface area contributed by atoms with Crippen LogP contribution in [0.25, 0.3) is 0 Å². The predicted molar refractivity (Wildman–Crippen MR) is 78.8 cm³/mol. The van der Waals surface area contributed by atoms with E-state index in [9.17, 15) is 14.4 Å². The van der Waals surface area contributed by atoms with E-state index in [1.165, 1.54) is 12.1 Å². The van der Waals surface area contributed by atoms with Gasteiger partial charge < -0.3 is 10.5 Å². The van der Waals surface area contributed by atoms with Crippen molar-refractivity contribution in [1.29, 1.82) is 0 Å². The molecular formula is C16H17FN2O3. The fraction of sp³-hybridized carbons (Fsp3) is 0.188. The van der Waals surface area contributed by atoms with Gasteiger partial charge in [-0.25, -0.2) is 9.18 Å². The number of halogens is 1. The highest BCUT2D eigenvalue weighted by Crippen LogP contribution is 2.22. The number of hydroxylamine groups is 2. The first-order valence-corrected chi connectivity index (χ1v) is 6.72. The molecule has 0 bridgehead atoms. The summed E-state index contributed by atoms with van der Waals surface area (Å²) in [5.41, 5.74) is 6.59. The zero-order valence-corrected chi connectivity index (χ0v) is 12.1. The van der Waals surface area contributed by atoms with E-state index in [1.54, 1.807) is 43.3 Å². The molecular weight excluding hydrogens is 287 g/mol. The highest BCUT2D eigenvalue weighted by atomic mass is 19.1. The number of benzene rings is 2. The Bertz CT molecular complexity index is 629. The lowest BCUT2D eigenvalue weighted by molar-refractivity contribution is -0.0710. The molecule has 1 unspecified atom stereocenters. The summed E-state index contributed by atoms with van der Waals surface area (Å²) in [6, 6.07) is 11.5. The highest BCUT2D eigenvalue weighted by Gasteiger charge is 2.16. The number of primary amides is 1. The van der Waals surface area contributed by atoms with Crippen molar-refractivity contribution in [3.05, 3.63) is 65.5 Å². The van der Waals surface area contributed by atoms with E-state index in [0.29, 0.717) is 17.4 Å². The number of carbonyl (C=O) groups is 1. The SMILES string of the molecule is CC(c1ccc(OCc2ccc(F)cc2)cc1)N(O)C(N)=O. The van der Waals surface area contributed by atoms with Gasteiger partial charge in [-0.2, -0.15) is 5.06 Å². The van der Waals surface area contributed by atoms with Crippen LogP contribution in [0.3, 0.4) is 0 Å². The van der Waals surface area contributed by atoms with Gasteiger partial charge in [0.2, 0.25) is 0 Å². The van der Waals surface area contributed by atoms with E-state index in [-0.39, 0.29) is 5.82 Å². The fourth-order valence-corrected chi connectivity index (χ4v) is 1.92. The van der Waals surface area contributed by atoms with Crippen LogP contribution in [0.15, 0.2) is 48.5 Å². The quantitative estimate of drug-likeness (QED) is 0.657. The normalized spacial score (nSPS) is 11.8. The zero-order chi connectivity index (χ0) is 16.1. The summed E-state index contributed by atoms with van der Waals surface area (Å²) in [4.78, 5) is 10.9. The molecule has 2 amide bonds. The number of nitrogens with zero attached hydrogens (tertiary/aromatic N) is 1. The van der Waals surface area contributed by atoms with Crippen LogP contribution >= 0.6 is 0 Å². The Balaban J connectivity index is 1.97. The van der Waals surface area contributed by atoms with Crippen molar-refractivity contribution in [2.24, 2.45) is 5.73 Å². The van der Waals surface area contributed by atoms with Gasteiger partial charge in [-0.3, -0.25) is 5.21 Å². The minimum Gasteiger partial charge on any atom is -0.489 e. The largest absolute Gasteiger partial charge is 0.489 e. The third-order valence-corrected chi connectivity index (χ3v) is 3.27. The van der Waals surface area contributed by atoms with Gasteiger partial charge in [0.25, 0.3) is 0 Å². The molecule has 2 aromatic carbocycles. The molecule has 5 nitrogen and oxygen atoms in total. The standard InChI is InChI=1S/C16H17FN2O3/c1-11(19(21)16(18)20)13-4-8-15(9-5-13)22-10-12-2-6-14(17)7-3-12/h2-9,11,21H,10H2,1H3,(H2,18,20). The van der Waals surface area contributed by atoms with Gasteiger partial charge in [0.15, 0.2) is 0 Å². The maximum Gasteiger partial charge on any atom is 0.339 e.